The molecule has 2 amide bonds. The van der Waals surface area contributed by atoms with Crippen molar-refractivity contribution in [3.63, 3.8) is 0 Å². The number of carbonyl (C=O) groups excluding carboxylic acids is 1. The Bertz CT molecular complexity index is 467. The van der Waals surface area contributed by atoms with Crippen LogP contribution in [0.1, 0.15) is 22.3 Å². The molecule has 92 valence electrons. The number of hydrogen-bond donors (Lipinski definition) is 2. The first-order chi connectivity index (χ1) is 7.97. The van der Waals surface area contributed by atoms with Crippen molar-refractivity contribution in [2.24, 2.45) is 10.8 Å². The van der Waals surface area contributed by atoms with Crippen LogP contribution in [0.2, 0.25) is 0 Å². The first-order valence-corrected chi connectivity index (χ1v) is 5.20. The normalized spacial score (nSPS) is 10.6. The van der Waals surface area contributed by atoms with Crippen LogP contribution in [0.3, 0.4) is 0 Å². The van der Waals surface area contributed by atoms with E-state index in [1.54, 1.807) is 13.3 Å². The highest BCUT2D eigenvalue weighted by atomic mass is 16.5. The van der Waals surface area contributed by atoms with Gasteiger partial charge in [-0.25, -0.2) is 10.2 Å². The predicted octanol–water partition coefficient (Wildman–Crippen LogP) is 1.62. The van der Waals surface area contributed by atoms with Gasteiger partial charge in [0.05, 0.1) is 13.3 Å². The van der Waals surface area contributed by atoms with Crippen molar-refractivity contribution in [2.75, 3.05) is 7.11 Å². The topological polar surface area (TPSA) is 76.7 Å². The van der Waals surface area contributed by atoms with Gasteiger partial charge in [-0.1, -0.05) is 0 Å². The van der Waals surface area contributed by atoms with Crippen LogP contribution < -0.4 is 15.9 Å². The molecule has 0 aliphatic carbocycles. The fraction of sp³-hybridized carbons (Fsp3) is 0.333. The average Bonchev–Trinajstić information content (AvgIpc) is 2.25. The fourth-order valence-electron chi connectivity index (χ4n) is 1.70. The first-order valence-electron chi connectivity index (χ1n) is 5.20. The maximum Gasteiger partial charge on any atom is 0.332 e. The van der Waals surface area contributed by atoms with Crippen molar-refractivity contribution < 1.29 is 9.53 Å². The van der Waals surface area contributed by atoms with Gasteiger partial charge in [0.1, 0.15) is 5.75 Å². The summed E-state index contributed by atoms with van der Waals surface area (Å²) in [7, 11) is 1.65. The summed E-state index contributed by atoms with van der Waals surface area (Å²) in [6.07, 6.45) is 1.57. The molecule has 3 N–H and O–H groups in total. The van der Waals surface area contributed by atoms with E-state index >= 15 is 0 Å². The van der Waals surface area contributed by atoms with Gasteiger partial charge in [0, 0.05) is 0 Å². The van der Waals surface area contributed by atoms with E-state index in [0.717, 1.165) is 28.0 Å². The number of primary amides is 1. The molecule has 1 rings (SSSR count). The SMILES string of the molecule is COc1c(C)cc(C=NNC(N)=O)c(C)c1C. The molecule has 1 aromatic rings. The highest BCUT2D eigenvalue weighted by Crippen LogP contribution is 2.27. The minimum atomic E-state index is -0.680. The zero-order valence-electron chi connectivity index (χ0n) is 10.5. The molecule has 1 aromatic carbocycles. The van der Waals surface area contributed by atoms with Crippen molar-refractivity contribution in [2.45, 2.75) is 20.8 Å². The zero-order chi connectivity index (χ0) is 13.0. The number of methoxy groups -OCH3 is 1. The lowest BCUT2D eigenvalue weighted by atomic mass is 9.99. The van der Waals surface area contributed by atoms with Crippen LogP contribution in [0.4, 0.5) is 4.79 Å². The molecule has 0 unspecified atom stereocenters. The molecular weight excluding hydrogens is 218 g/mol. The highest BCUT2D eigenvalue weighted by Gasteiger charge is 2.09. The maximum absolute atomic E-state index is 10.5. The molecule has 17 heavy (non-hydrogen) atoms. The van der Waals surface area contributed by atoms with Gasteiger partial charge in [0.15, 0.2) is 0 Å². The molecule has 0 radical (unpaired) electrons. The Hall–Kier alpha value is -2.04. The third-order valence-electron chi connectivity index (χ3n) is 2.65. The number of benzene rings is 1. The van der Waals surface area contributed by atoms with E-state index in [9.17, 15) is 4.79 Å². The third kappa shape index (κ3) is 2.96. The van der Waals surface area contributed by atoms with Crippen LogP contribution in [-0.4, -0.2) is 19.4 Å². The second-order valence-electron chi connectivity index (χ2n) is 3.80. The predicted molar refractivity (Wildman–Crippen MR) is 67.5 cm³/mol. The number of hydrogen-bond acceptors (Lipinski definition) is 3. The van der Waals surface area contributed by atoms with E-state index in [1.807, 2.05) is 26.8 Å². The summed E-state index contributed by atoms with van der Waals surface area (Å²) in [6, 6.07) is 1.27. The molecular formula is C12H17N3O2. The minimum Gasteiger partial charge on any atom is -0.496 e. The Morgan fingerprint density at radius 3 is 2.59 bits per heavy atom. The Morgan fingerprint density at radius 1 is 1.41 bits per heavy atom. The van der Waals surface area contributed by atoms with E-state index < -0.39 is 6.03 Å². The van der Waals surface area contributed by atoms with Gasteiger partial charge in [-0.2, -0.15) is 5.10 Å². The van der Waals surface area contributed by atoms with Crippen molar-refractivity contribution in [3.05, 3.63) is 28.3 Å². The molecule has 0 heterocycles. The van der Waals surface area contributed by atoms with E-state index in [-0.39, 0.29) is 0 Å². The number of carbonyl (C=O) groups is 1. The van der Waals surface area contributed by atoms with Crippen LogP contribution in [0.5, 0.6) is 5.75 Å². The van der Waals surface area contributed by atoms with Gasteiger partial charge in [-0.15, -0.1) is 0 Å². The molecule has 0 aliphatic heterocycles. The van der Waals surface area contributed by atoms with Crippen molar-refractivity contribution in [1.29, 1.82) is 0 Å². The summed E-state index contributed by atoms with van der Waals surface area (Å²) >= 11 is 0. The summed E-state index contributed by atoms with van der Waals surface area (Å²) in [5.74, 6) is 0.877. The van der Waals surface area contributed by atoms with E-state index in [4.69, 9.17) is 10.5 Å². The highest BCUT2D eigenvalue weighted by molar-refractivity contribution is 5.84. The molecule has 5 nitrogen and oxygen atoms in total. The number of nitrogens with two attached hydrogens (primary N) is 1. The maximum atomic E-state index is 10.5. The molecule has 5 heteroatoms. The number of rotatable bonds is 3. The second-order valence-corrected chi connectivity index (χ2v) is 3.80. The molecule has 0 aliphatic rings. The van der Waals surface area contributed by atoms with Gasteiger partial charge in [-0.05, 0) is 49.1 Å². The minimum absolute atomic E-state index is 0.680. The number of nitrogens with one attached hydrogen (secondary N) is 1. The number of hydrazone groups is 1. The van der Waals surface area contributed by atoms with Crippen molar-refractivity contribution >= 4 is 12.2 Å². The van der Waals surface area contributed by atoms with Crippen molar-refractivity contribution in [1.82, 2.24) is 5.43 Å². The van der Waals surface area contributed by atoms with E-state index in [2.05, 4.69) is 10.5 Å². The van der Waals surface area contributed by atoms with Crippen LogP contribution >= 0.6 is 0 Å². The molecule has 0 spiro atoms. The molecule has 0 bridgehead atoms. The number of ether oxygens (including phenoxy) is 1. The van der Waals surface area contributed by atoms with Crippen LogP contribution in [-0.2, 0) is 0 Å². The summed E-state index contributed by atoms with van der Waals surface area (Å²) in [5.41, 5.74) is 11.2. The monoisotopic (exact) mass is 235 g/mol. The number of aryl methyl sites for hydroxylation is 1. The van der Waals surface area contributed by atoms with Gasteiger partial charge in [0.2, 0.25) is 0 Å². The zero-order valence-corrected chi connectivity index (χ0v) is 10.5. The summed E-state index contributed by atoms with van der Waals surface area (Å²) in [4.78, 5) is 10.5. The van der Waals surface area contributed by atoms with Crippen molar-refractivity contribution in [3.8, 4) is 5.75 Å². The first kappa shape index (κ1) is 13.0. The van der Waals surface area contributed by atoms with E-state index in [0.29, 0.717) is 0 Å². The Morgan fingerprint density at radius 2 is 2.06 bits per heavy atom. The molecule has 0 saturated heterocycles. The van der Waals surface area contributed by atoms with Gasteiger partial charge in [0.25, 0.3) is 0 Å². The van der Waals surface area contributed by atoms with E-state index in [1.165, 1.54) is 0 Å². The van der Waals surface area contributed by atoms with Gasteiger partial charge < -0.3 is 10.5 Å². The smallest absolute Gasteiger partial charge is 0.332 e. The molecule has 0 fully saturated rings. The Kier molecular flexibility index (Phi) is 4.09. The van der Waals surface area contributed by atoms with Gasteiger partial charge in [-0.3, -0.25) is 0 Å². The summed E-state index contributed by atoms with van der Waals surface area (Å²) < 4.78 is 5.32. The molecule has 0 aromatic heterocycles. The number of urea groups is 1. The second kappa shape index (κ2) is 5.34. The van der Waals surface area contributed by atoms with Crippen LogP contribution in [0, 0.1) is 20.8 Å². The third-order valence-corrected chi connectivity index (χ3v) is 2.65. The summed E-state index contributed by atoms with van der Waals surface area (Å²) in [5, 5.41) is 3.75. The average molecular weight is 235 g/mol. The van der Waals surface area contributed by atoms with Gasteiger partial charge >= 0.3 is 6.03 Å². The lowest BCUT2D eigenvalue weighted by Crippen LogP contribution is -2.24. The van der Waals surface area contributed by atoms with Crippen LogP contribution in [0.15, 0.2) is 11.2 Å². The number of nitrogens with zero attached hydrogens (tertiary/aromatic N) is 1. The number of amides is 2. The molecule has 0 saturated carbocycles. The quantitative estimate of drug-likeness (QED) is 0.617. The fourth-order valence-corrected chi connectivity index (χ4v) is 1.70. The standard InChI is InChI=1S/C12H17N3O2/c1-7-5-10(6-14-15-12(13)16)8(2)9(3)11(7)17-4/h5-6H,1-4H3,(H3,13,15,16). The Labute approximate surface area is 101 Å². The largest absolute Gasteiger partial charge is 0.496 e. The summed E-state index contributed by atoms with van der Waals surface area (Å²) in [6.45, 7) is 5.92. The Balaban J connectivity index is 3.10. The lowest BCUT2D eigenvalue weighted by Gasteiger charge is -2.13. The molecule has 0 atom stereocenters. The lowest BCUT2D eigenvalue weighted by molar-refractivity contribution is 0.249. The van der Waals surface area contributed by atoms with Crippen LogP contribution in [0.25, 0.3) is 0 Å².